The quantitative estimate of drug-likeness (QED) is 0.748. The lowest BCUT2D eigenvalue weighted by Gasteiger charge is -2.31. The number of hydrogen-bond donors (Lipinski definition) is 0. The molecule has 1 aromatic heterocycles. The van der Waals surface area contributed by atoms with Crippen LogP contribution in [-0.4, -0.2) is 49.6 Å². The number of rotatable bonds is 3. The highest BCUT2D eigenvalue weighted by molar-refractivity contribution is 5.42. The summed E-state index contributed by atoms with van der Waals surface area (Å²) in [5.41, 5.74) is 0. The van der Waals surface area contributed by atoms with Crippen molar-refractivity contribution in [2.75, 3.05) is 39.8 Å². The summed E-state index contributed by atoms with van der Waals surface area (Å²) in [5.74, 6) is 0.934. The van der Waals surface area contributed by atoms with Crippen LogP contribution in [0.2, 0.25) is 0 Å². The summed E-state index contributed by atoms with van der Waals surface area (Å²) in [6.45, 7) is 5.70. The Hall–Kier alpha value is -1.06. The van der Waals surface area contributed by atoms with Crippen molar-refractivity contribution in [3.05, 3.63) is 30.2 Å². The van der Waals surface area contributed by atoms with Crippen LogP contribution in [0.4, 0.5) is 0 Å². The van der Waals surface area contributed by atoms with Gasteiger partial charge in [-0.2, -0.15) is 0 Å². The molecule has 3 nitrogen and oxygen atoms in total. The maximum absolute atomic E-state index is 5.23. The zero-order chi connectivity index (χ0) is 10.5. The molecule has 1 aliphatic heterocycles. The van der Waals surface area contributed by atoms with E-state index in [1.807, 2.05) is 18.2 Å². The third-order valence-corrected chi connectivity index (χ3v) is 2.78. The van der Waals surface area contributed by atoms with Crippen molar-refractivity contribution in [3.8, 4) is 0 Å². The molecule has 0 spiro atoms. The normalized spacial score (nSPS) is 20.1. The van der Waals surface area contributed by atoms with Crippen LogP contribution in [-0.2, 0) is 0 Å². The molecule has 15 heavy (non-hydrogen) atoms. The highest BCUT2D eigenvalue weighted by Gasteiger charge is 2.11. The Kier molecular flexibility index (Phi) is 3.59. The summed E-state index contributed by atoms with van der Waals surface area (Å²) in [4.78, 5) is 4.83. The molecule has 1 fully saturated rings. The molecule has 0 saturated carbocycles. The molecule has 82 valence electrons. The lowest BCUT2D eigenvalue weighted by Crippen LogP contribution is -2.44. The second-order valence-corrected chi connectivity index (χ2v) is 4.02. The highest BCUT2D eigenvalue weighted by Crippen LogP contribution is 2.03. The molecule has 1 aliphatic rings. The molecule has 0 bridgehead atoms. The first-order chi connectivity index (χ1) is 7.34. The van der Waals surface area contributed by atoms with Crippen LogP contribution < -0.4 is 0 Å². The molecule has 2 heterocycles. The van der Waals surface area contributed by atoms with Crippen molar-refractivity contribution in [3.63, 3.8) is 0 Å². The van der Waals surface area contributed by atoms with E-state index in [2.05, 4.69) is 22.9 Å². The third-order valence-electron chi connectivity index (χ3n) is 2.78. The minimum absolute atomic E-state index is 0.934. The molecule has 0 atom stereocenters. The second-order valence-electron chi connectivity index (χ2n) is 4.02. The predicted molar refractivity (Wildman–Crippen MR) is 61.7 cm³/mol. The minimum atomic E-state index is 0.934. The van der Waals surface area contributed by atoms with Crippen molar-refractivity contribution < 1.29 is 4.42 Å². The zero-order valence-corrected chi connectivity index (χ0v) is 9.22. The van der Waals surface area contributed by atoms with Gasteiger partial charge in [0.1, 0.15) is 5.76 Å². The van der Waals surface area contributed by atoms with Crippen LogP contribution in [0.3, 0.4) is 0 Å². The Balaban J connectivity index is 1.74. The van der Waals surface area contributed by atoms with E-state index >= 15 is 0 Å². The van der Waals surface area contributed by atoms with E-state index in [9.17, 15) is 0 Å². The van der Waals surface area contributed by atoms with E-state index in [-0.39, 0.29) is 0 Å². The second kappa shape index (κ2) is 5.14. The maximum Gasteiger partial charge on any atom is 0.126 e. The van der Waals surface area contributed by atoms with Gasteiger partial charge in [-0.25, -0.2) is 0 Å². The van der Waals surface area contributed by atoms with Crippen LogP contribution in [0.5, 0.6) is 0 Å². The molecule has 0 aliphatic carbocycles. The largest absolute Gasteiger partial charge is 0.465 e. The molecule has 2 rings (SSSR count). The first-order valence-corrected chi connectivity index (χ1v) is 5.45. The third kappa shape index (κ3) is 3.22. The summed E-state index contributed by atoms with van der Waals surface area (Å²) in [6.07, 6.45) is 5.91. The summed E-state index contributed by atoms with van der Waals surface area (Å²) < 4.78 is 5.23. The molecule has 0 unspecified atom stereocenters. The fourth-order valence-electron chi connectivity index (χ4n) is 1.73. The van der Waals surface area contributed by atoms with Gasteiger partial charge < -0.3 is 9.32 Å². The standard InChI is InChI=1S/C12H18N2O/c1-13-7-9-14(10-8-13)6-2-4-12-5-3-11-15-12/h2-5,11H,6-10H2,1H3. The summed E-state index contributed by atoms with van der Waals surface area (Å²) in [6, 6.07) is 3.88. The molecule has 1 saturated heterocycles. The molecule has 0 N–H and O–H groups in total. The fourth-order valence-corrected chi connectivity index (χ4v) is 1.73. The van der Waals surface area contributed by atoms with Crippen LogP contribution in [0.25, 0.3) is 6.08 Å². The van der Waals surface area contributed by atoms with Crippen LogP contribution >= 0.6 is 0 Å². The number of hydrogen-bond acceptors (Lipinski definition) is 3. The topological polar surface area (TPSA) is 19.6 Å². The van der Waals surface area contributed by atoms with Crippen LogP contribution in [0, 0.1) is 0 Å². The van der Waals surface area contributed by atoms with Gasteiger partial charge in [0, 0.05) is 32.7 Å². The number of furan rings is 1. The lowest BCUT2D eigenvalue weighted by atomic mass is 10.3. The van der Waals surface area contributed by atoms with Gasteiger partial charge in [-0.15, -0.1) is 0 Å². The summed E-state index contributed by atoms with van der Waals surface area (Å²) in [7, 11) is 2.18. The van der Waals surface area contributed by atoms with E-state index in [0.29, 0.717) is 0 Å². The monoisotopic (exact) mass is 206 g/mol. The first-order valence-electron chi connectivity index (χ1n) is 5.45. The Labute approximate surface area is 91.0 Å². The van der Waals surface area contributed by atoms with Crippen molar-refractivity contribution in [2.24, 2.45) is 0 Å². The average molecular weight is 206 g/mol. The predicted octanol–water partition coefficient (Wildman–Crippen LogP) is 1.54. The van der Waals surface area contributed by atoms with Crippen LogP contribution in [0.1, 0.15) is 5.76 Å². The Morgan fingerprint density at radius 2 is 2.13 bits per heavy atom. The SMILES string of the molecule is CN1CCN(CC=Cc2ccco2)CC1. The van der Waals surface area contributed by atoms with Gasteiger partial charge in [-0.05, 0) is 25.3 Å². The summed E-state index contributed by atoms with van der Waals surface area (Å²) >= 11 is 0. The first kappa shape index (κ1) is 10.5. The molecule has 1 aromatic rings. The van der Waals surface area contributed by atoms with Crippen molar-refractivity contribution in [2.45, 2.75) is 0 Å². The van der Waals surface area contributed by atoms with Crippen molar-refractivity contribution in [1.29, 1.82) is 0 Å². The number of piperazine rings is 1. The van der Waals surface area contributed by atoms with E-state index in [4.69, 9.17) is 4.42 Å². The zero-order valence-electron chi connectivity index (χ0n) is 9.22. The molecule has 0 amide bonds. The Bertz CT molecular complexity index is 297. The highest BCUT2D eigenvalue weighted by atomic mass is 16.3. The van der Waals surface area contributed by atoms with Gasteiger partial charge in [-0.3, -0.25) is 4.90 Å². The van der Waals surface area contributed by atoms with E-state index in [1.54, 1.807) is 6.26 Å². The summed E-state index contributed by atoms with van der Waals surface area (Å²) in [5, 5.41) is 0. The average Bonchev–Trinajstić information content (AvgIpc) is 2.74. The van der Waals surface area contributed by atoms with Gasteiger partial charge in [0.15, 0.2) is 0 Å². The fraction of sp³-hybridized carbons (Fsp3) is 0.500. The maximum atomic E-state index is 5.23. The lowest BCUT2D eigenvalue weighted by molar-refractivity contribution is 0.167. The van der Waals surface area contributed by atoms with Gasteiger partial charge in [-0.1, -0.05) is 6.08 Å². The minimum Gasteiger partial charge on any atom is -0.465 e. The van der Waals surface area contributed by atoms with E-state index in [1.165, 1.54) is 26.2 Å². The van der Waals surface area contributed by atoms with Crippen LogP contribution in [0.15, 0.2) is 28.9 Å². The number of nitrogens with zero attached hydrogens (tertiary/aromatic N) is 2. The molecule has 0 radical (unpaired) electrons. The van der Waals surface area contributed by atoms with Gasteiger partial charge in [0.05, 0.1) is 6.26 Å². The molecular weight excluding hydrogens is 188 g/mol. The smallest absolute Gasteiger partial charge is 0.126 e. The van der Waals surface area contributed by atoms with Gasteiger partial charge >= 0.3 is 0 Å². The van der Waals surface area contributed by atoms with E-state index in [0.717, 1.165) is 12.3 Å². The Morgan fingerprint density at radius 3 is 2.80 bits per heavy atom. The van der Waals surface area contributed by atoms with Gasteiger partial charge in [0.2, 0.25) is 0 Å². The van der Waals surface area contributed by atoms with Crippen molar-refractivity contribution >= 4 is 6.08 Å². The van der Waals surface area contributed by atoms with Gasteiger partial charge in [0.25, 0.3) is 0 Å². The molecule has 0 aromatic carbocycles. The molecule has 3 heteroatoms. The molecular formula is C12H18N2O. The Morgan fingerprint density at radius 1 is 1.33 bits per heavy atom. The van der Waals surface area contributed by atoms with E-state index < -0.39 is 0 Å². The van der Waals surface area contributed by atoms with Crippen molar-refractivity contribution in [1.82, 2.24) is 9.80 Å². The number of likely N-dealkylation sites (N-methyl/N-ethyl adjacent to an activating group) is 1.